The first kappa shape index (κ1) is 16.4. The lowest BCUT2D eigenvalue weighted by Gasteiger charge is -2.26. The standard InChI is InChI=1S/C13H21N5O4/c1-11-10-12(18(20)21)15-17(11)4-2-13(19)14-3-5-16-6-8-22-9-7-16/h10H,2-9H2,1H3,(H,14,19). The van der Waals surface area contributed by atoms with Crippen LogP contribution >= 0.6 is 0 Å². The van der Waals surface area contributed by atoms with E-state index in [9.17, 15) is 14.9 Å². The Bertz CT molecular complexity index is 525. The molecule has 1 aromatic heterocycles. The largest absolute Gasteiger partial charge is 0.390 e. The van der Waals surface area contributed by atoms with Gasteiger partial charge in [0.2, 0.25) is 5.91 Å². The van der Waals surface area contributed by atoms with Gasteiger partial charge in [0.05, 0.1) is 36.6 Å². The first-order chi connectivity index (χ1) is 10.6. The molecule has 1 aliphatic rings. The summed E-state index contributed by atoms with van der Waals surface area (Å²) >= 11 is 0. The highest BCUT2D eigenvalue weighted by Crippen LogP contribution is 2.11. The van der Waals surface area contributed by atoms with E-state index in [1.807, 2.05) is 0 Å². The number of nitro groups is 1. The first-order valence-electron chi connectivity index (χ1n) is 7.32. The van der Waals surface area contributed by atoms with Crippen LogP contribution in [-0.2, 0) is 16.1 Å². The summed E-state index contributed by atoms with van der Waals surface area (Å²) in [6.07, 6.45) is 0.253. The number of hydrogen-bond donors (Lipinski definition) is 1. The maximum atomic E-state index is 11.8. The lowest BCUT2D eigenvalue weighted by molar-refractivity contribution is -0.389. The van der Waals surface area contributed by atoms with E-state index in [0.29, 0.717) is 18.8 Å². The van der Waals surface area contributed by atoms with Gasteiger partial charge in [-0.3, -0.25) is 9.69 Å². The molecule has 1 fully saturated rings. The Hall–Kier alpha value is -2.00. The molecule has 1 aliphatic heterocycles. The Kier molecular flexibility index (Phi) is 5.84. The molecule has 0 spiro atoms. The van der Waals surface area contributed by atoms with Crippen LogP contribution in [0.4, 0.5) is 5.82 Å². The van der Waals surface area contributed by atoms with Gasteiger partial charge >= 0.3 is 5.82 Å². The quantitative estimate of drug-likeness (QED) is 0.559. The summed E-state index contributed by atoms with van der Waals surface area (Å²) in [5, 5.41) is 17.3. The van der Waals surface area contributed by atoms with Crippen LogP contribution in [0.15, 0.2) is 6.07 Å². The molecular weight excluding hydrogens is 290 g/mol. The Balaban J connectivity index is 1.67. The summed E-state index contributed by atoms with van der Waals surface area (Å²) in [6, 6.07) is 1.40. The molecule has 122 valence electrons. The van der Waals surface area contributed by atoms with E-state index in [0.717, 1.165) is 32.8 Å². The molecule has 1 saturated heterocycles. The molecule has 2 heterocycles. The third-order valence-electron chi connectivity index (χ3n) is 3.56. The van der Waals surface area contributed by atoms with Gasteiger partial charge in [0.1, 0.15) is 0 Å². The molecule has 9 heteroatoms. The van der Waals surface area contributed by atoms with Crippen molar-refractivity contribution < 1.29 is 14.5 Å². The van der Waals surface area contributed by atoms with Gasteiger partial charge in [0, 0.05) is 32.6 Å². The fraction of sp³-hybridized carbons (Fsp3) is 0.692. The minimum absolute atomic E-state index is 0.0780. The number of ether oxygens (including phenoxy) is 1. The van der Waals surface area contributed by atoms with Crippen molar-refractivity contribution in [2.24, 2.45) is 0 Å². The van der Waals surface area contributed by atoms with E-state index in [4.69, 9.17) is 4.74 Å². The van der Waals surface area contributed by atoms with Crippen molar-refractivity contribution in [1.82, 2.24) is 20.0 Å². The maximum absolute atomic E-state index is 11.8. The average Bonchev–Trinajstić information content (AvgIpc) is 2.88. The summed E-state index contributed by atoms with van der Waals surface area (Å²) in [5.41, 5.74) is 0.674. The lowest BCUT2D eigenvalue weighted by Crippen LogP contribution is -2.41. The topological polar surface area (TPSA) is 103 Å². The second-order valence-electron chi connectivity index (χ2n) is 5.18. The molecule has 0 aliphatic carbocycles. The average molecular weight is 311 g/mol. The van der Waals surface area contributed by atoms with Crippen LogP contribution in [0.3, 0.4) is 0 Å². The smallest absolute Gasteiger partial charge is 0.379 e. The molecular formula is C13H21N5O4. The number of aryl methyl sites for hydroxylation is 2. The zero-order chi connectivity index (χ0) is 15.9. The zero-order valence-electron chi connectivity index (χ0n) is 12.7. The van der Waals surface area contributed by atoms with E-state index in [1.165, 1.54) is 10.7 Å². The minimum Gasteiger partial charge on any atom is -0.379 e. The number of morpholine rings is 1. The van der Waals surface area contributed by atoms with E-state index >= 15 is 0 Å². The molecule has 2 rings (SSSR count). The summed E-state index contributed by atoms with van der Waals surface area (Å²) in [4.78, 5) is 24.1. The first-order valence-corrected chi connectivity index (χ1v) is 7.32. The molecule has 1 N–H and O–H groups in total. The summed E-state index contributed by atoms with van der Waals surface area (Å²) in [6.45, 7) is 6.74. The number of hydrogen-bond acceptors (Lipinski definition) is 6. The number of nitrogens with zero attached hydrogens (tertiary/aromatic N) is 4. The van der Waals surface area contributed by atoms with Crippen LogP contribution in [-0.4, -0.2) is 64.9 Å². The van der Waals surface area contributed by atoms with Crippen molar-refractivity contribution in [2.45, 2.75) is 19.9 Å². The van der Waals surface area contributed by atoms with Crippen LogP contribution in [0.25, 0.3) is 0 Å². The van der Waals surface area contributed by atoms with Crippen molar-refractivity contribution in [3.05, 3.63) is 21.9 Å². The number of aromatic nitrogens is 2. The van der Waals surface area contributed by atoms with Crippen LogP contribution in [0.1, 0.15) is 12.1 Å². The van der Waals surface area contributed by atoms with Crippen LogP contribution in [0.2, 0.25) is 0 Å². The highest BCUT2D eigenvalue weighted by atomic mass is 16.6. The van der Waals surface area contributed by atoms with Crippen molar-refractivity contribution in [3.8, 4) is 0 Å². The number of rotatable bonds is 7. The fourth-order valence-corrected chi connectivity index (χ4v) is 2.28. The molecule has 0 aromatic carbocycles. The Morgan fingerprint density at radius 2 is 2.18 bits per heavy atom. The number of nitrogens with one attached hydrogen (secondary N) is 1. The fourth-order valence-electron chi connectivity index (χ4n) is 2.28. The molecule has 0 bridgehead atoms. The van der Waals surface area contributed by atoms with E-state index in [2.05, 4.69) is 15.3 Å². The molecule has 9 nitrogen and oxygen atoms in total. The maximum Gasteiger partial charge on any atom is 0.390 e. The van der Waals surface area contributed by atoms with Crippen LogP contribution < -0.4 is 5.32 Å². The van der Waals surface area contributed by atoms with Crippen LogP contribution in [0.5, 0.6) is 0 Å². The Morgan fingerprint density at radius 1 is 1.45 bits per heavy atom. The molecule has 0 atom stereocenters. The SMILES string of the molecule is Cc1cc([N+](=O)[O-])nn1CCC(=O)NCCN1CCOCC1. The van der Waals surface area contributed by atoms with E-state index < -0.39 is 4.92 Å². The van der Waals surface area contributed by atoms with Crippen LogP contribution in [0, 0.1) is 17.0 Å². The van der Waals surface area contributed by atoms with Gasteiger partial charge in [-0.25, -0.2) is 0 Å². The van der Waals surface area contributed by atoms with Crippen molar-refractivity contribution >= 4 is 11.7 Å². The molecule has 22 heavy (non-hydrogen) atoms. The molecule has 0 radical (unpaired) electrons. The number of amides is 1. The Morgan fingerprint density at radius 3 is 2.82 bits per heavy atom. The number of carbonyl (C=O) groups excluding carboxylic acids is 1. The zero-order valence-corrected chi connectivity index (χ0v) is 12.7. The molecule has 0 unspecified atom stereocenters. The Labute approximate surface area is 128 Å². The van der Waals surface area contributed by atoms with Gasteiger partial charge in [-0.1, -0.05) is 0 Å². The van der Waals surface area contributed by atoms with Gasteiger partial charge in [-0.2, -0.15) is 4.68 Å². The van der Waals surface area contributed by atoms with Gasteiger partial charge in [0.15, 0.2) is 0 Å². The van der Waals surface area contributed by atoms with Crippen molar-refractivity contribution in [3.63, 3.8) is 0 Å². The normalized spacial score (nSPS) is 15.7. The van der Waals surface area contributed by atoms with Gasteiger partial charge in [-0.15, -0.1) is 0 Å². The van der Waals surface area contributed by atoms with E-state index in [1.54, 1.807) is 6.92 Å². The minimum atomic E-state index is -0.536. The monoisotopic (exact) mass is 311 g/mol. The lowest BCUT2D eigenvalue weighted by atomic mass is 10.3. The van der Waals surface area contributed by atoms with Gasteiger partial charge in [-0.05, 0) is 11.8 Å². The van der Waals surface area contributed by atoms with E-state index in [-0.39, 0.29) is 18.1 Å². The highest BCUT2D eigenvalue weighted by molar-refractivity contribution is 5.75. The second kappa shape index (κ2) is 7.85. The summed E-state index contributed by atoms with van der Waals surface area (Å²) in [7, 11) is 0. The molecule has 1 amide bonds. The third-order valence-corrected chi connectivity index (χ3v) is 3.56. The van der Waals surface area contributed by atoms with Gasteiger partial charge in [0.25, 0.3) is 0 Å². The second-order valence-corrected chi connectivity index (χ2v) is 5.18. The summed E-state index contributed by atoms with van der Waals surface area (Å²) < 4.78 is 6.74. The number of carbonyl (C=O) groups is 1. The van der Waals surface area contributed by atoms with Crippen molar-refractivity contribution in [2.75, 3.05) is 39.4 Å². The molecule has 0 saturated carbocycles. The third kappa shape index (κ3) is 4.78. The summed E-state index contributed by atoms with van der Waals surface area (Å²) in [5.74, 6) is -0.268. The molecule has 1 aromatic rings. The predicted octanol–water partition coefficient (Wildman–Crippen LogP) is -0.0618. The van der Waals surface area contributed by atoms with Crippen molar-refractivity contribution in [1.29, 1.82) is 0 Å². The highest BCUT2D eigenvalue weighted by Gasteiger charge is 2.16. The van der Waals surface area contributed by atoms with Gasteiger partial charge < -0.3 is 20.2 Å². The predicted molar refractivity (Wildman–Crippen MR) is 78.5 cm³/mol.